The third-order valence-corrected chi connectivity index (χ3v) is 13.4. The van der Waals surface area contributed by atoms with Crippen LogP contribution >= 0.6 is 11.8 Å². The summed E-state index contributed by atoms with van der Waals surface area (Å²) in [7, 11) is 0. The van der Waals surface area contributed by atoms with Crippen LogP contribution in [0.5, 0.6) is 0 Å². The van der Waals surface area contributed by atoms with Crippen molar-refractivity contribution in [3.8, 4) is 0 Å². The lowest BCUT2D eigenvalue weighted by Crippen LogP contribution is -2.54. The standard InChI is InChI=1S/C47H56N6O6S/c54-42(17-9-34-8-6-23-48-32-34)49-24-3-2-7-33-19-28-52(29-20-33)45(57)37-12-10-35(11-13-37)36-21-26-51(27-22-36)25-4-1-5-30-60-38-14-15-39-40(31-38)47(59)53(46(39)58)41-16-18-43(55)50-44(41)56/h6,8-15,17,23,31-33,36,41H,1-5,7,16,18-22,24-30H2,(H,49,54)(H,50,55,56)/b17-9+. The van der Waals surface area contributed by atoms with Gasteiger partial charge < -0.3 is 15.1 Å². The molecule has 0 spiro atoms. The zero-order valence-corrected chi connectivity index (χ0v) is 35.1. The molecule has 2 N–H and O–H groups in total. The van der Waals surface area contributed by atoms with E-state index in [2.05, 4.69) is 32.7 Å². The highest BCUT2D eigenvalue weighted by atomic mass is 32.2. The normalized spacial score (nSPS) is 19.2. The molecule has 2 aromatic carbocycles. The fraction of sp³-hybridized carbons (Fsp3) is 0.468. The lowest BCUT2D eigenvalue weighted by Gasteiger charge is -2.33. The van der Waals surface area contributed by atoms with Gasteiger partial charge in [0.1, 0.15) is 6.04 Å². The van der Waals surface area contributed by atoms with Crippen LogP contribution in [-0.2, 0) is 14.4 Å². The highest BCUT2D eigenvalue weighted by molar-refractivity contribution is 7.99. The molecule has 3 fully saturated rings. The zero-order valence-electron chi connectivity index (χ0n) is 34.3. The summed E-state index contributed by atoms with van der Waals surface area (Å²) in [4.78, 5) is 86.0. The molecule has 3 saturated heterocycles. The predicted octanol–water partition coefficient (Wildman–Crippen LogP) is 6.48. The number of rotatable bonds is 17. The number of imide groups is 2. The number of unbranched alkanes of at least 4 members (excludes halogenated alkanes) is 3. The Labute approximate surface area is 356 Å². The van der Waals surface area contributed by atoms with Crippen LogP contribution in [0.3, 0.4) is 0 Å². The van der Waals surface area contributed by atoms with Crippen LogP contribution in [0.1, 0.15) is 125 Å². The minimum atomic E-state index is -0.953. The maximum Gasteiger partial charge on any atom is 0.262 e. The van der Waals surface area contributed by atoms with Crippen LogP contribution in [0.25, 0.3) is 6.08 Å². The van der Waals surface area contributed by atoms with Gasteiger partial charge >= 0.3 is 0 Å². The van der Waals surface area contributed by atoms with E-state index in [-0.39, 0.29) is 30.6 Å². The van der Waals surface area contributed by atoms with E-state index >= 15 is 0 Å². The minimum absolute atomic E-state index is 0.0850. The first-order chi connectivity index (χ1) is 29.2. The topological polar surface area (TPSA) is 149 Å². The highest BCUT2D eigenvalue weighted by Gasteiger charge is 2.44. The number of nitrogens with one attached hydrogen (secondary N) is 2. The number of hydrogen-bond donors (Lipinski definition) is 2. The van der Waals surface area contributed by atoms with Gasteiger partial charge in [0, 0.05) is 55.0 Å². The Morgan fingerprint density at radius 3 is 2.37 bits per heavy atom. The van der Waals surface area contributed by atoms with E-state index in [4.69, 9.17) is 0 Å². The molecule has 0 aliphatic carbocycles. The molecule has 0 radical (unpaired) electrons. The number of thioether (sulfide) groups is 1. The quantitative estimate of drug-likeness (QED) is 0.0675. The molecule has 1 aromatic heterocycles. The van der Waals surface area contributed by atoms with E-state index in [1.54, 1.807) is 48.4 Å². The number of amides is 6. The van der Waals surface area contributed by atoms with E-state index in [1.165, 1.54) is 5.56 Å². The Balaban J connectivity index is 0.733. The Kier molecular flexibility index (Phi) is 15.0. The summed E-state index contributed by atoms with van der Waals surface area (Å²) in [5, 5.41) is 5.20. The number of fused-ring (bicyclic) bond motifs is 1. The molecule has 316 valence electrons. The number of nitrogens with zero attached hydrogens (tertiary/aromatic N) is 4. The average Bonchev–Trinajstić information content (AvgIpc) is 3.52. The molecule has 6 amide bonds. The van der Waals surface area contributed by atoms with Crippen molar-refractivity contribution in [3.63, 3.8) is 0 Å². The second kappa shape index (κ2) is 20.9. The van der Waals surface area contributed by atoms with Gasteiger partial charge in [-0.2, -0.15) is 0 Å². The molecular formula is C47H56N6O6S. The van der Waals surface area contributed by atoms with Gasteiger partial charge in [0.2, 0.25) is 17.7 Å². The molecule has 4 aliphatic heterocycles. The Bertz CT molecular complexity index is 2040. The molecule has 60 heavy (non-hydrogen) atoms. The summed E-state index contributed by atoms with van der Waals surface area (Å²) in [5.41, 5.74) is 3.63. The molecule has 5 heterocycles. The number of aromatic nitrogens is 1. The van der Waals surface area contributed by atoms with Crippen LogP contribution in [0.15, 0.2) is 78.0 Å². The Hall–Kier alpha value is -5.14. The maximum atomic E-state index is 13.3. The summed E-state index contributed by atoms with van der Waals surface area (Å²) in [6, 6.07) is 16.5. The summed E-state index contributed by atoms with van der Waals surface area (Å²) < 4.78 is 0. The molecule has 4 aliphatic rings. The summed E-state index contributed by atoms with van der Waals surface area (Å²) in [5.74, 6) is 0.161. The van der Waals surface area contributed by atoms with Crippen molar-refractivity contribution in [2.75, 3.05) is 45.0 Å². The van der Waals surface area contributed by atoms with E-state index in [9.17, 15) is 28.8 Å². The summed E-state index contributed by atoms with van der Waals surface area (Å²) >= 11 is 1.67. The molecule has 12 nitrogen and oxygen atoms in total. The zero-order chi connectivity index (χ0) is 41.8. The lowest BCUT2D eigenvalue weighted by molar-refractivity contribution is -0.136. The van der Waals surface area contributed by atoms with Gasteiger partial charge in [-0.3, -0.25) is 44.0 Å². The second-order valence-corrected chi connectivity index (χ2v) is 17.6. The van der Waals surface area contributed by atoms with Gasteiger partial charge in [-0.25, -0.2) is 0 Å². The van der Waals surface area contributed by atoms with Crippen LogP contribution in [0.4, 0.5) is 0 Å². The van der Waals surface area contributed by atoms with Crippen LogP contribution in [0.2, 0.25) is 0 Å². The molecular weight excluding hydrogens is 777 g/mol. The van der Waals surface area contributed by atoms with Gasteiger partial charge in [-0.1, -0.05) is 37.5 Å². The SMILES string of the molecule is O=C(/C=C/c1cccnc1)NCCCCC1CCN(C(=O)c2ccc(C3CCN(CCCCCSc4ccc5c(c4)C(=O)N(C4CCC(=O)NC4=O)C5=O)CC3)cc2)CC1. The first kappa shape index (κ1) is 43.0. The van der Waals surface area contributed by atoms with E-state index in [0.29, 0.717) is 29.5 Å². The second-order valence-electron chi connectivity index (χ2n) is 16.4. The number of hydrogen-bond acceptors (Lipinski definition) is 9. The number of piperidine rings is 3. The number of carbonyl (C=O) groups excluding carboxylic acids is 6. The van der Waals surface area contributed by atoms with Crippen molar-refractivity contribution in [1.82, 2.24) is 30.3 Å². The number of benzene rings is 2. The van der Waals surface area contributed by atoms with Crippen molar-refractivity contribution in [2.45, 2.75) is 93.9 Å². The molecule has 0 saturated carbocycles. The minimum Gasteiger partial charge on any atom is -0.353 e. The molecule has 3 aromatic rings. The van der Waals surface area contributed by atoms with Crippen molar-refractivity contribution in [2.24, 2.45) is 5.92 Å². The van der Waals surface area contributed by atoms with E-state index in [0.717, 1.165) is 124 Å². The van der Waals surface area contributed by atoms with Gasteiger partial charge in [-0.05, 0) is 142 Å². The van der Waals surface area contributed by atoms with Crippen molar-refractivity contribution in [3.05, 3.63) is 101 Å². The maximum absolute atomic E-state index is 13.3. The van der Waals surface area contributed by atoms with Gasteiger partial charge in [0.05, 0.1) is 11.1 Å². The van der Waals surface area contributed by atoms with Crippen molar-refractivity contribution < 1.29 is 28.8 Å². The first-order valence-corrected chi connectivity index (χ1v) is 22.7. The molecule has 1 unspecified atom stereocenters. The highest BCUT2D eigenvalue weighted by Crippen LogP contribution is 2.32. The van der Waals surface area contributed by atoms with Crippen LogP contribution in [-0.4, -0.2) is 106 Å². The third-order valence-electron chi connectivity index (χ3n) is 12.4. The van der Waals surface area contributed by atoms with E-state index in [1.807, 2.05) is 35.2 Å². The van der Waals surface area contributed by atoms with Gasteiger partial charge in [0.15, 0.2) is 0 Å². The number of carbonyl (C=O) groups is 6. The molecule has 1 atom stereocenters. The fourth-order valence-electron chi connectivity index (χ4n) is 8.81. The number of likely N-dealkylation sites (tertiary alicyclic amines) is 2. The largest absolute Gasteiger partial charge is 0.353 e. The fourth-order valence-corrected chi connectivity index (χ4v) is 9.76. The van der Waals surface area contributed by atoms with Crippen molar-refractivity contribution >= 4 is 53.3 Å². The van der Waals surface area contributed by atoms with E-state index < -0.39 is 23.8 Å². The van der Waals surface area contributed by atoms with Gasteiger partial charge in [0.25, 0.3) is 17.7 Å². The predicted molar refractivity (Wildman–Crippen MR) is 231 cm³/mol. The monoisotopic (exact) mass is 832 g/mol. The summed E-state index contributed by atoms with van der Waals surface area (Å²) in [6.07, 6.45) is 17.7. The third kappa shape index (κ3) is 11.2. The smallest absolute Gasteiger partial charge is 0.262 e. The lowest BCUT2D eigenvalue weighted by atomic mass is 9.88. The number of pyridine rings is 1. The van der Waals surface area contributed by atoms with Crippen molar-refractivity contribution in [1.29, 1.82) is 0 Å². The first-order valence-electron chi connectivity index (χ1n) is 21.7. The molecule has 13 heteroatoms. The Morgan fingerprint density at radius 2 is 1.62 bits per heavy atom. The van der Waals surface area contributed by atoms with Crippen LogP contribution < -0.4 is 10.6 Å². The average molecular weight is 833 g/mol. The van der Waals surface area contributed by atoms with Crippen LogP contribution in [0, 0.1) is 5.92 Å². The Morgan fingerprint density at radius 1 is 0.833 bits per heavy atom. The molecule has 7 rings (SSSR count). The summed E-state index contributed by atoms with van der Waals surface area (Å²) in [6.45, 7) is 5.49. The molecule has 0 bridgehead atoms. The van der Waals surface area contributed by atoms with Gasteiger partial charge in [-0.15, -0.1) is 11.8 Å².